The van der Waals surface area contributed by atoms with Crippen LogP contribution in [0, 0.1) is 0 Å². The van der Waals surface area contributed by atoms with Crippen molar-refractivity contribution in [2.45, 2.75) is 19.5 Å². The fraction of sp³-hybridized carbons (Fsp3) is 0.111. The molecular formula is C27H26N4. The highest BCUT2D eigenvalue weighted by Crippen LogP contribution is 2.46. The third-order valence-electron chi connectivity index (χ3n) is 6.31. The molecule has 8 N–H and O–H groups in total. The van der Waals surface area contributed by atoms with Crippen molar-refractivity contribution < 1.29 is 0 Å². The van der Waals surface area contributed by atoms with Gasteiger partial charge in [0.25, 0.3) is 0 Å². The minimum atomic E-state index is 0.406. The maximum atomic E-state index is 6.16. The van der Waals surface area contributed by atoms with Crippen LogP contribution in [-0.2, 0) is 19.5 Å². The molecule has 4 nitrogen and oxygen atoms in total. The van der Waals surface area contributed by atoms with Crippen molar-refractivity contribution >= 4 is 11.4 Å². The van der Waals surface area contributed by atoms with Gasteiger partial charge in [-0.05, 0) is 86.3 Å². The van der Waals surface area contributed by atoms with Crippen molar-refractivity contribution in [1.29, 1.82) is 0 Å². The molecule has 0 saturated carbocycles. The number of nitrogens with two attached hydrogens (primary N) is 4. The predicted molar refractivity (Wildman–Crippen MR) is 130 cm³/mol. The Hall–Kier alpha value is -3.60. The van der Waals surface area contributed by atoms with Crippen molar-refractivity contribution in [3.8, 4) is 33.4 Å². The molecule has 0 radical (unpaired) electrons. The second-order valence-electron chi connectivity index (χ2n) is 8.08. The van der Waals surface area contributed by atoms with Gasteiger partial charge in [-0.25, -0.2) is 0 Å². The highest BCUT2D eigenvalue weighted by atomic mass is 14.6. The van der Waals surface area contributed by atoms with Gasteiger partial charge in [0.1, 0.15) is 0 Å². The maximum absolute atomic E-state index is 6.16. The first kappa shape index (κ1) is 19.4. The number of benzene rings is 4. The van der Waals surface area contributed by atoms with E-state index in [1.807, 2.05) is 12.1 Å². The fourth-order valence-corrected chi connectivity index (χ4v) is 4.67. The molecular weight excluding hydrogens is 380 g/mol. The van der Waals surface area contributed by atoms with Crippen LogP contribution in [0.5, 0.6) is 0 Å². The Morgan fingerprint density at radius 3 is 1.94 bits per heavy atom. The molecule has 31 heavy (non-hydrogen) atoms. The zero-order chi connectivity index (χ0) is 21.5. The molecule has 0 amide bonds. The van der Waals surface area contributed by atoms with Gasteiger partial charge in [0, 0.05) is 24.5 Å². The molecule has 1 aliphatic rings. The molecule has 0 fully saturated rings. The van der Waals surface area contributed by atoms with Crippen molar-refractivity contribution in [1.82, 2.24) is 0 Å². The van der Waals surface area contributed by atoms with Crippen LogP contribution in [0.4, 0.5) is 11.4 Å². The number of hydrogen-bond acceptors (Lipinski definition) is 4. The zero-order valence-electron chi connectivity index (χ0n) is 17.4. The highest BCUT2D eigenvalue weighted by molar-refractivity contribution is 5.94. The Morgan fingerprint density at radius 1 is 0.613 bits per heavy atom. The highest BCUT2D eigenvalue weighted by Gasteiger charge is 2.24. The van der Waals surface area contributed by atoms with Crippen molar-refractivity contribution in [2.75, 3.05) is 11.5 Å². The smallest absolute Gasteiger partial charge is 0.0359 e. The van der Waals surface area contributed by atoms with Crippen LogP contribution in [0.25, 0.3) is 33.4 Å². The molecule has 4 aromatic carbocycles. The van der Waals surface area contributed by atoms with E-state index in [1.54, 1.807) is 0 Å². The summed E-state index contributed by atoms with van der Waals surface area (Å²) in [7, 11) is 0. The van der Waals surface area contributed by atoms with Gasteiger partial charge in [-0.1, -0.05) is 48.5 Å². The molecule has 0 spiro atoms. The second kappa shape index (κ2) is 7.58. The lowest BCUT2D eigenvalue weighted by Gasteiger charge is -2.18. The molecule has 0 aliphatic heterocycles. The number of nitrogen functional groups attached to an aromatic ring is 2. The number of rotatable bonds is 4. The van der Waals surface area contributed by atoms with Crippen LogP contribution in [0.3, 0.4) is 0 Å². The Balaban J connectivity index is 1.80. The van der Waals surface area contributed by atoms with Gasteiger partial charge in [0.2, 0.25) is 0 Å². The number of fused-ring (bicyclic) bond motifs is 3. The van der Waals surface area contributed by atoms with Crippen LogP contribution < -0.4 is 22.9 Å². The van der Waals surface area contributed by atoms with E-state index in [0.717, 1.165) is 45.6 Å². The summed E-state index contributed by atoms with van der Waals surface area (Å²) in [6, 6.07) is 25.4. The van der Waals surface area contributed by atoms with Gasteiger partial charge in [-0.2, -0.15) is 0 Å². The molecule has 4 aromatic rings. The minimum Gasteiger partial charge on any atom is -0.398 e. The SMILES string of the molecule is NCc1cc(-c2ccc3c(c2-c2ccc(N)c(CN)c2)Cc2ccccc2-3)ccc1N. The minimum absolute atomic E-state index is 0.406. The largest absolute Gasteiger partial charge is 0.398 e. The van der Waals surface area contributed by atoms with E-state index in [-0.39, 0.29) is 0 Å². The van der Waals surface area contributed by atoms with Crippen LogP contribution in [-0.4, -0.2) is 0 Å². The zero-order valence-corrected chi connectivity index (χ0v) is 17.4. The lowest BCUT2D eigenvalue weighted by Crippen LogP contribution is -2.03. The summed E-state index contributed by atoms with van der Waals surface area (Å²) < 4.78 is 0. The molecule has 154 valence electrons. The third-order valence-corrected chi connectivity index (χ3v) is 6.31. The lowest BCUT2D eigenvalue weighted by molar-refractivity contribution is 1.07. The molecule has 0 bridgehead atoms. The van der Waals surface area contributed by atoms with Gasteiger partial charge < -0.3 is 22.9 Å². The van der Waals surface area contributed by atoms with E-state index in [4.69, 9.17) is 22.9 Å². The van der Waals surface area contributed by atoms with Crippen molar-refractivity contribution in [3.05, 3.63) is 95.1 Å². The summed E-state index contributed by atoms with van der Waals surface area (Å²) in [6.45, 7) is 0.814. The van der Waals surface area contributed by atoms with Crippen LogP contribution >= 0.6 is 0 Å². The summed E-state index contributed by atoms with van der Waals surface area (Å²) in [5, 5.41) is 0. The second-order valence-corrected chi connectivity index (χ2v) is 8.08. The summed E-state index contributed by atoms with van der Waals surface area (Å²) in [5.41, 5.74) is 37.4. The monoisotopic (exact) mass is 406 g/mol. The molecule has 5 rings (SSSR count). The quantitative estimate of drug-likeness (QED) is 0.325. The Labute approximate surface area is 182 Å². The normalized spacial score (nSPS) is 11.9. The van der Waals surface area contributed by atoms with E-state index in [2.05, 4.69) is 60.7 Å². The molecule has 0 heterocycles. The molecule has 1 aliphatic carbocycles. The van der Waals surface area contributed by atoms with E-state index in [1.165, 1.54) is 27.8 Å². The molecule has 0 aromatic heterocycles. The summed E-state index contributed by atoms with van der Waals surface area (Å²) in [5.74, 6) is 0. The van der Waals surface area contributed by atoms with Gasteiger partial charge in [0.05, 0.1) is 0 Å². The Bertz CT molecular complexity index is 1310. The first-order valence-electron chi connectivity index (χ1n) is 10.5. The van der Waals surface area contributed by atoms with Gasteiger partial charge in [-0.15, -0.1) is 0 Å². The van der Waals surface area contributed by atoms with Crippen molar-refractivity contribution in [3.63, 3.8) is 0 Å². The maximum Gasteiger partial charge on any atom is 0.0359 e. The van der Waals surface area contributed by atoms with E-state index >= 15 is 0 Å². The molecule has 0 atom stereocenters. The summed E-state index contributed by atoms with van der Waals surface area (Å²) in [6.07, 6.45) is 0.899. The van der Waals surface area contributed by atoms with E-state index < -0.39 is 0 Å². The van der Waals surface area contributed by atoms with Gasteiger partial charge >= 0.3 is 0 Å². The standard InChI is InChI=1S/C27H26N4/c28-14-19-11-17(5-9-25(19)30)22-7-8-23-21-4-2-1-3-16(21)13-24(23)27(22)18-6-10-26(31)20(12-18)15-29/h1-12H,13-15,28-31H2. The van der Waals surface area contributed by atoms with Crippen LogP contribution in [0.2, 0.25) is 0 Å². The lowest BCUT2D eigenvalue weighted by atomic mass is 9.86. The Morgan fingerprint density at radius 2 is 1.23 bits per heavy atom. The Kier molecular flexibility index (Phi) is 4.74. The number of hydrogen-bond donors (Lipinski definition) is 4. The molecule has 0 saturated heterocycles. The van der Waals surface area contributed by atoms with Crippen LogP contribution in [0.1, 0.15) is 22.3 Å². The first-order chi connectivity index (χ1) is 15.1. The fourth-order valence-electron chi connectivity index (χ4n) is 4.67. The topological polar surface area (TPSA) is 104 Å². The average molecular weight is 407 g/mol. The van der Waals surface area contributed by atoms with E-state index in [9.17, 15) is 0 Å². The van der Waals surface area contributed by atoms with Gasteiger partial charge in [0.15, 0.2) is 0 Å². The molecule has 4 heteroatoms. The summed E-state index contributed by atoms with van der Waals surface area (Å²) >= 11 is 0. The van der Waals surface area contributed by atoms with Crippen LogP contribution in [0.15, 0.2) is 72.8 Å². The molecule has 0 unspecified atom stereocenters. The summed E-state index contributed by atoms with van der Waals surface area (Å²) in [4.78, 5) is 0. The average Bonchev–Trinajstić information content (AvgIpc) is 3.18. The van der Waals surface area contributed by atoms with Gasteiger partial charge in [-0.3, -0.25) is 0 Å². The van der Waals surface area contributed by atoms with E-state index in [0.29, 0.717) is 13.1 Å². The first-order valence-corrected chi connectivity index (χ1v) is 10.5. The van der Waals surface area contributed by atoms with Crippen molar-refractivity contribution in [2.24, 2.45) is 11.5 Å². The number of anilines is 2. The predicted octanol–water partition coefficient (Wildman–Crippen LogP) is 4.67. The third kappa shape index (κ3) is 3.17.